The van der Waals surface area contributed by atoms with Gasteiger partial charge in [0.15, 0.2) is 5.16 Å². The summed E-state index contributed by atoms with van der Waals surface area (Å²) in [4.78, 5) is 41.4. The summed E-state index contributed by atoms with van der Waals surface area (Å²) in [6.45, 7) is 6.14. The third-order valence-electron chi connectivity index (χ3n) is 4.46. The first-order chi connectivity index (χ1) is 12.9. The van der Waals surface area contributed by atoms with Crippen molar-refractivity contribution in [2.24, 2.45) is 5.92 Å². The predicted molar refractivity (Wildman–Crippen MR) is 106 cm³/mol. The second kappa shape index (κ2) is 9.55. The van der Waals surface area contributed by atoms with E-state index in [9.17, 15) is 14.4 Å². The number of benzene rings is 1. The van der Waals surface area contributed by atoms with E-state index in [4.69, 9.17) is 4.74 Å². The molecular formula is C19H25N3O4S. The van der Waals surface area contributed by atoms with Gasteiger partial charge in [0.25, 0.3) is 5.56 Å². The quantitative estimate of drug-likeness (QED) is 0.422. The molecule has 27 heavy (non-hydrogen) atoms. The van der Waals surface area contributed by atoms with Crippen LogP contribution in [0.5, 0.6) is 0 Å². The highest BCUT2D eigenvalue weighted by molar-refractivity contribution is 7.99. The van der Waals surface area contributed by atoms with Crippen LogP contribution in [0.3, 0.4) is 0 Å². The topological polar surface area (TPSA) is 90.3 Å². The molecule has 146 valence electrons. The number of hydrogen-bond donors (Lipinski definition) is 1. The van der Waals surface area contributed by atoms with Crippen molar-refractivity contribution in [3.8, 4) is 0 Å². The summed E-state index contributed by atoms with van der Waals surface area (Å²) < 4.78 is 6.33. The highest BCUT2D eigenvalue weighted by Gasteiger charge is 2.26. The molecule has 1 aromatic carbocycles. The van der Waals surface area contributed by atoms with Gasteiger partial charge in [-0.3, -0.25) is 14.2 Å². The monoisotopic (exact) mass is 391 g/mol. The lowest BCUT2D eigenvalue weighted by Crippen LogP contribution is -2.46. The van der Waals surface area contributed by atoms with Crippen molar-refractivity contribution in [3.63, 3.8) is 0 Å². The van der Waals surface area contributed by atoms with Gasteiger partial charge in [0, 0.05) is 6.54 Å². The molecule has 0 saturated carbocycles. The number of fused-ring (bicyclic) bond motifs is 1. The minimum atomic E-state index is -0.689. The van der Waals surface area contributed by atoms with Crippen LogP contribution in [0.4, 0.5) is 0 Å². The molecule has 0 aliphatic carbocycles. The van der Waals surface area contributed by atoms with E-state index in [0.29, 0.717) is 22.6 Å². The van der Waals surface area contributed by atoms with Gasteiger partial charge in [0.1, 0.15) is 6.04 Å². The van der Waals surface area contributed by atoms with Crippen molar-refractivity contribution in [1.82, 2.24) is 14.9 Å². The van der Waals surface area contributed by atoms with E-state index < -0.39 is 12.0 Å². The van der Waals surface area contributed by atoms with E-state index in [1.54, 1.807) is 22.8 Å². The van der Waals surface area contributed by atoms with Crippen molar-refractivity contribution >= 4 is 34.5 Å². The van der Waals surface area contributed by atoms with E-state index in [-0.39, 0.29) is 23.1 Å². The Morgan fingerprint density at radius 2 is 2.00 bits per heavy atom. The first-order valence-electron chi connectivity index (χ1n) is 8.92. The molecule has 0 aliphatic rings. The maximum absolute atomic E-state index is 12.6. The smallest absolute Gasteiger partial charge is 0.328 e. The Labute approximate surface area is 162 Å². The normalized spacial score (nSPS) is 13.2. The molecule has 0 unspecified atom stereocenters. The first kappa shape index (κ1) is 21.0. The van der Waals surface area contributed by atoms with Gasteiger partial charge in [-0.15, -0.1) is 0 Å². The number of carbonyl (C=O) groups is 2. The Morgan fingerprint density at radius 1 is 1.30 bits per heavy atom. The van der Waals surface area contributed by atoms with Crippen LogP contribution in [0.25, 0.3) is 10.9 Å². The van der Waals surface area contributed by atoms with Crippen LogP contribution < -0.4 is 10.9 Å². The van der Waals surface area contributed by atoms with Crippen molar-refractivity contribution in [1.29, 1.82) is 0 Å². The minimum Gasteiger partial charge on any atom is -0.467 e. The van der Waals surface area contributed by atoms with Gasteiger partial charge in [0.05, 0.1) is 23.8 Å². The largest absolute Gasteiger partial charge is 0.467 e. The number of aromatic nitrogens is 2. The van der Waals surface area contributed by atoms with Crippen LogP contribution in [-0.4, -0.2) is 40.3 Å². The molecule has 0 bridgehead atoms. The molecule has 1 amide bonds. The lowest BCUT2D eigenvalue weighted by atomic mass is 9.99. The van der Waals surface area contributed by atoms with Gasteiger partial charge in [-0.05, 0) is 25.0 Å². The van der Waals surface area contributed by atoms with E-state index in [2.05, 4.69) is 10.3 Å². The molecule has 1 heterocycles. The molecule has 2 atom stereocenters. The number of thioether (sulfide) groups is 1. The number of nitrogens with one attached hydrogen (secondary N) is 1. The van der Waals surface area contributed by atoms with Gasteiger partial charge in [-0.1, -0.05) is 44.2 Å². The maximum Gasteiger partial charge on any atom is 0.328 e. The third-order valence-corrected chi connectivity index (χ3v) is 5.44. The summed E-state index contributed by atoms with van der Waals surface area (Å²) in [5.74, 6) is -0.758. The van der Waals surface area contributed by atoms with Gasteiger partial charge in [0.2, 0.25) is 5.91 Å². The zero-order valence-electron chi connectivity index (χ0n) is 16.0. The molecule has 1 N–H and O–H groups in total. The van der Waals surface area contributed by atoms with Crippen LogP contribution in [0.15, 0.2) is 34.2 Å². The lowest BCUT2D eigenvalue weighted by Gasteiger charge is -2.21. The molecule has 0 saturated heterocycles. The van der Waals surface area contributed by atoms with Crippen LogP contribution in [-0.2, 0) is 20.9 Å². The van der Waals surface area contributed by atoms with Crippen molar-refractivity contribution < 1.29 is 14.3 Å². The fourth-order valence-electron chi connectivity index (χ4n) is 2.68. The molecule has 0 radical (unpaired) electrons. The van der Waals surface area contributed by atoms with Crippen LogP contribution in [0.2, 0.25) is 0 Å². The number of nitrogens with zero attached hydrogens (tertiary/aromatic N) is 2. The number of ether oxygens (including phenoxy) is 1. The molecule has 0 spiro atoms. The fraction of sp³-hybridized carbons (Fsp3) is 0.474. The Balaban J connectivity index is 2.17. The molecule has 8 heteroatoms. The molecule has 2 aromatic rings. The number of esters is 1. The number of amides is 1. The van der Waals surface area contributed by atoms with E-state index >= 15 is 0 Å². The molecule has 1 aromatic heterocycles. The highest BCUT2D eigenvalue weighted by atomic mass is 32.2. The Bertz CT molecular complexity index is 881. The second-order valence-corrected chi connectivity index (χ2v) is 7.15. The number of para-hydroxylation sites is 1. The Kier molecular flexibility index (Phi) is 7.41. The van der Waals surface area contributed by atoms with Crippen LogP contribution >= 0.6 is 11.8 Å². The first-order valence-corrected chi connectivity index (χ1v) is 9.91. The molecule has 0 fully saturated rings. The van der Waals surface area contributed by atoms with Crippen molar-refractivity contribution in [3.05, 3.63) is 34.6 Å². The van der Waals surface area contributed by atoms with E-state index in [1.807, 2.05) is 26.8 Å². The maximum atomic E-state index is 12.6. The minimum absolute atomic E-state index is 0.0426. The third kappa shape index (κ3) is 4.88. The standard InChI is InChI=1S/C19H25N3O4S/c1-5-12(3)16(18(25)26-4)21-15(23)11-27-19-20-14-10-8-7-9-13(14)17(24)22(19)6-2/h7-10,12,16H,5-6,11H2,1-4H3,(H,21,23)/t12-,16+/m0/s1. The number of carbonyl (C=O) groups excluding carboxylic acids is 2. The van der Waals surface area contributed by atoms with Gasteiger partial charge < -0.3 is 10.1 Å². The highest BCUT2D eigenvalue weighted by Crippen LogP contribution is 2.18. The molecular weight excluding hydrogens is 366 g/mol. The summed E-state index contributed by atoms with van der Waals surface area (Å²) in [5.41, 5.74) is 0.472. The fourth-order valence-corrected chi connectivity index (χ4v) is 3.55. The predicted octanol–water partition coefficient (Wildman–Crippen LogP) is 2.21. The van der Waals surface area contributed by atoms with Crippen molar-refractivity contribution in [2.75, 3.05) is 12.9 Å². The summed E-state index contributed by atoms with van der Waals surface area (Å²) in [6.07, 6.45) is 0.731. The lowest BCUT2D eigenvalue weighted by molar-refractivity contribution is -0.146. The van der Waals surface area contributed by atoms with Gasteiger partial charge in [-0.2, -0.15) is 0 Å². The van der Waals surface area contributed by atoms with Gasteiger partial charge in [-0.25, -0.2) is 9.78 Å². The molecule has 0 aliphatic heterocycles. The summed E-state index contributed by atoms with van der Waals surface area (Å²) in [6, 6.07) is 6.45. The molecule has 7 nitrogen and oxygen atoms in total. The van der Waals surface area contributed by atoms with Crippen LogP contribution in [0.1, 0.15) is 27.2 Å². The second-order valence-electron chi connectivity index (χ2n) is 6.20. The number of hydrogen-bond acceptors (Lipinski definition) is 6. The van der Waals surface area contributed by atoms with E-state index in [0.717, 1.165) is 6.42 Å². The Morgan fingerprint density at radius 3 is 2.63 bits per heavy atom. The SMILES string of the molecule is CC[C@H](C)[C@@H](NC(=O)CSc1nc2ccccc2c(=O)n1CC)C(=O)OC. The number of methoxy groups -OCH3 is 1. The zero-order chi connectivity index (χ0) is 20.0. The average Bonchev–Trinajstić information content (AvgIpc) is 2.69. The van der Waals surface area contributed by atoms with Gasteiger partial charge >= 0.3 is 5.97 Å². The molecule has 2 rings (SSSR count). The van der Waals surface area contributed by atoms with Crippen molar-refractivity contribution in [2.45, 2.75) is 44.9 Å². The summed E-state index contributed by atoms with van der Waals surface area (Å²) in [7, 11) is 1.30. The summed E-state index contributed by atoms with van der Waals surface area (Å²) in [5, 5.41) is 3.76. The Hall–Kier alpha value is -2.35. The van der Waals surface area contributed by atoms with Crippen LogP contribution in [0, 0.1) is 5.92 Å². The van der Waals surface area contributed by atoms with E-state index in [1.165, 1.54) is 18.9 Å². The summed E-state index contributed by atoms with van der Waals surface area (Å²) >= 11 is 1.18. The number of rotatable bonds is 8. The average molecular weight is 391 g/mol. The zero-order valence-corrected chi connectivity index (χ0v) is 16.8.